The number of amides is 3. The minimum absolute atomic E-state index is 0.00963. The van der Waals surface area contributed by atoms with Gasteiger partial charge in [-0.05, 0) is 62.7 Å². The molecule has 5 rings (SSSR count). The number of anilines is 2. The molecule has 8 nitrogen and oxygen atoms in total. The molecule has 3 aromatic rings. The van der Waals surface area contributed by atoms with Crippen molar-refractivity contribution in [3.8, 4) is 0 Å². The predicted octanol–water partition coefficient (Wildman–Crippen LogP) is 4.19. The number of hydrogen-bond acceptors (Lipinski definition) is 5. The van der Waals surface area contributed by atoms with Crippen molar-refractivity contribution in [2.24, 2.45) is 0 Å². The number of piperazine rings is 1. The molecule has 0 aromatic heterocycles. The molecule has 8 heteroatoms. The minimum atomic E-state index is -0.252. The van der Waals surface area contributed by atoms with E-state index in [1.165, 1.54) is 0 Å². The van der Waals surface area contributed by atoms with Crippen molar-refractivity contribution >= 4 is 40.4 Å². The largest absolute Gasteiger partial charge is 0.354 e. The molecule has 2 aliphatic heterocycles. The number of carbonyl (C=O) groups excluding carboxylic acids is 3. The van der Waals surface area contributed by atoms with Gasteiger partial charge in [-0.2, -0.15) is 0 Å². The van der Waals surface area contributed by atoms with Gasteiger partial charge in [0.1, 0.15) is 0 Å². The third-order valence-electron chi connectivity index (χ3n) is 6.92. The summed E-state index contributed by atoms with van der Waals surface area (Å²) in [5, 5.41) is 12.6. The normalized spacial score (nSPS) is 19.7. The number of nitrogens with zero attached hydrogens (tertiary/aromatic N) is 1. The lowest BCUT2D eigenvalue weighted by Crippen LogP contribution is -2.55. The Morgan fingerprint density at radius 1 is 0.897 bits per heavy atom. The van der Waals surface area contributed by atoms with Gasteiger partial charge in [0.25, 0.3) is 17.7 Å². The van der Waals surface area contributed by atoms with Crippen molar-refractivity contribution in [2.45, 2.75) is 32.9 Å². The molecule has 200 valence electrons. The quantitative estimate of drug-likeness (QED) is 0.363. The Morgan fingerprint density at radius 2 is 1.56 bits per heavy atom. The van der Waals surface area contributed by atoms with E-state index in [0.29, 0.717) is 53.3 Å². The highest BCUT2D eigenvalue weighted by molar-refractivity contribution is 6.37. The first-order chi connectivity index (χ1) is 18.8. The highest BCUT2D eigenvalue weighted by Gasteiger charge is 2.30. The molecule has 39 heavy (non-hydrogen) atoms. The topological polar surface area (TPSA) is 103 Å². The Labute approximate surface area is 228 Å². The second-order valence-corrected chi connectivity index (χ2v) is 10.1. The van der Waals surface area contributed by atoms with Gasteiger partial charge in [-0.15, -0.1) is 0 Å². The van der Waals surface area contributed by atoms with Crippen molar-refractivity contribution in [1.29, 1.82) is 0 Å². The van der Waals surface area contributed by atoms with E-state index in [2.05, 4.69) is 35.1 Å². The van der Waals surface area contributed by atoms with Crippen LogP contribution in [0.15, 0.2) is 72.8 Å². The smallest absolute Gasteiger partial charge is 0.258 e. The maximum atomic E-state index is 13.2. The van der Waals surface area contributed by atoms with E-state index in [-0.39, 0.29) is 29.8 Å². The second kappa shape index (κ2) is 11.1. The molecule has 0 saturated carbocycles. The van der Waals surface area contributed by atoms with Gasteiger partial charge >= 0.3 is 0 Å². The van der Waals surface area contributed by atoms with Crippen molar-refractivity contribution in [3.63, 3.8) is 0 Å². The lowest BCUT2D eigenvalue weighted by molar-refractivity contribution is -0.110. The summed E-state index contributed by atoms with van der Waals surface area (Å²) in [7, 11) is 0. The van der Waals surface area contributed by atoms with Gasteiger partial charge in [-0.25, -0.2) is 0 Å². The summed E-state index contributed by atoms with van der Waals surface area (Å²) in [6, 6.07) is 22.7. The SMILES string of the molecule is CCNC(=O)c1ccc2c(c1)NC(=O)/C2=C(\Nc1ccc(C(=O)N2C[C@@H](C)N[C@@H](C)C2)cc1)c1ccccc1. The van der Waals surface area contributed by atoms with Gasteiger partial charge < -0.3 is 26.2 Å². The fourth-order valence-corrected chi connectivity index (χ4v) is 5.22. The molecule has 2 aliphatic rings. The summed E-state index contributed by atoms with van der Waals surface area (Å²) in [6.45, 7) is 7.89. The summed E-state index contributed by atoms with van der Waals surface area (Å²) in [5.74, 6) is -0.429. The monoisotopic (exact) mass is 523 g/mol. The van der Waals surface area contributed by atoms with E-state index in [1.54, 1.807) is 18.2 Å². The van der Waals surface area contributed by atoms with Crippen LogP contribution in [-0.2, 0) is 4.79 Å². The Kier molecular flexibility index (Phi) is 7.47. The van der Waals surface area contributed by atoms with Gasteiger partial charge in [-0.3, -0.25) is 14.4 Å². The molecular formula is C31H33N5O3. The molecule has 3 amide bonds. The molecule has 0 unspecified atom stereocenters. The number of carbonyl (C=O) groups is 3. The van der Waals surface area contributed by atoms with Crippen molar-refractivity contribution in [2.75, 3.05) is 30.3 Å². The van der Waals surface area contributed by atoms with E-state index in [0.717, 1.165) is 11.3 Å². The van der Waals surface area contributed by atoms with Crippen LogP contribution in [0, 0.1) is 0 Å². The number of rotatable bonds is 6. The van der Waals surface area contributed by atoms with E-state index >= 15 is 0 Å². The summed E-state index contributed by atoms with van der Waals surface area (Å²) >= 11 is 0. The van der Waals surface area contributed by atoms with Crippen LogP contribution in [-0.4, -0.2) is 54.3 Å². The Hall–Kier alpha value is -4.43. The van der Waals surface area contributed by atoms with Gasteiger partial charge in [0.2, 0.25) is 0 Å². The molecule has 1 saturated heterocycles. The van der Waals surface area contributed by atoms with Crippen molar-refractivity contribution in [1.82, 2.24) is 15.5 Å². The first-order valence-corrected chi connectivity index (χ1v) is 13.3. The highest BCUT2D eigenvalue weighted by atomic mass is 16.2. The molecule has 0 radical (unpaired) electrons. The third kappa shape index (κ3) is 5.56. The van der Waals surface area contributed by atoms with Crippen LogP contribution in [0.3, 0.4) is 0 Å². The molecular weight excluding hydrogens is 490 g/mol. The van der Waals surface area contributed by atoms with Gasteiger partial charge in [0, 0.05) is 59.8 Å². The summed E-state index contributed by atoms with van der Waals surface area (Å²) < 4.78 is 0. The lowest BCUT2D eigenvalue weighted by atomic mass is 9.98. The van der Waals surface area contributed by atoms with Crippen LogP contribution in [0.2, 0.25) is 0 Å². The molecule has 3 aromatic carbocycles. The van der Waals surface area contributed by atoms with Crippen LogP contribution in [0.5, 0.6) is 0 Å². The Balaban J connectivity index is 1.46. The number of fused-ring (bicyclic) bond motifs is 1. The summed E-state index contributed by atoms with van der Waals surface area (Å²) in [4.78, 5) is 40.6. The Bertz CT molecular complexity index is 1420. The fraction of sp³-hybridized carbons (Fsp3) is 0.258. The maximum absolute atomic E-state index is 13.2. The minimum Gasteiger partial charge on any atom is -0.354 e. The van der Waals surface area contributed by atoms with Crippen LogP contribution in [0.4, 0.5) is 11.4 Å². The molecule has 1 fully saturated rings. The molecule has 0 aliphatic carbocycles. The Morgan fingerprint density at radius 3 is 2.23 bits per heavy atom. The van der Waals surface area contributed by atoms with Gasteiger partial charge in [0.15, 0.2) is 0 Å². The number of hydrogen-bond donors (Lipinski definition) is 4. The van der Waals surface area contributed by atoms with E-state index in [4.69, 9.17) is 0 Å². The van der Waals surface area contributed by atoms with Gasteiger partial charge in [0.05, 0.1) is 11.3 Å². The predicted molar refractivity (Wildman–Crippen MR) is 154 cm³/mol. The van der Waals surface area contributed by atoms with Crippen LogP contribution >= 0.6 is 0 Å². The number of nitrogens with one attached hydrogen (secondary N) is 4. The van der Waals surface area contributed by atoms with Crippen LogP contribution < -0.4 is 21.3 Å². The second-order valence-electron chi connectivity index (χ2n) is 10.1. The first kappa shape index (κ1) is 26.2. The van der Waals surface area contributed by atoms with E-state index in [9.17, 15) is 14.4 Å². The van der Waals surface area contributed by atoms with Crippen LogP contribution in [0.25, 0.3) is 11.3 Å². The molecule has 0 spiro atoms. The average Bonchev–Trinajstić information content (AvgIpc) is 3.26. The first-order valence-electron chi connectivity index (χ1n) is 13.3. The molecule has 2 heterocycles. The average molecular weight is 524 g/mol. The van der Waals surface area contributed by atoms with Crippen molar-refractivity contribution < 1.29 is 14.4 Å². The van der Waals surface area contributed by atoms with E-state index in [1.807, 2.05) is 66.4 Å². The number of benzene rings is 3. The highest BCUT2D eigenvalue weighted by Crippen LogP contribution is 2.38. The zero-order valence-corrected chi connectivity index (χ0v) is 22.4. The molecule has 0 bridgehead atoms. The molecule has 4 N–H and O–H groups in total. The van der Waals surface area contributed by atoms with E-state index < -0.39 is 0 Å². The maximum Gasteiger partial charge on any atom is 0.258 e. The summed E-state index contributed by atoms with van der Waals surface area (Å²) in [5.41, 5.74) is 5.14. The summed E-state index contributed by atoms with van der Waals surface area (Å²) in [6.07, 6.45) is 0. The van der Waals surface area contributed by atoms with Gasteiger partial charge in [-0.1, -0.05) is 36.4 Å². The zero-order chi connectivity index (χ0) is 27.5. The lowest BCUT2D eigenvalue weighted by Gasteiger charge is -2.36. The standard InChI is InChI=1S/C31H33N5O3/c1-4-32-29(37)23-12-15-25-26(16-23)35-30(38)27(25)28(21-8-6-5-7-9-21)34-24-13-10-22(11-14-24)31(39)36-17-19(2)33-20(3)18-36/h5-16,19-20,33-34H,4,17-18H2,1-3H3,(H,32,37)(H,35,38)/b28-27-/t19-,20+. The van der Waals surface area contributed by atoms with Crippen LogP contribution in [0.1, 0.15) is 52.6 Å². The zero-order valence-electron chi connectivity index (χ0n) is 22.4. The third-order valence-corrected chi connectivity index (χ3v) is 6.92. The fourth-order valence-electron chi connectivity index (χ4n) is 5.22. The van der Waals surface area contributed by atoms with Crippen molar-refractivity contribution in [3.05, 3.63) is 95.1 Å². The molecule has 2 atom stereocenters.